The van der Waals surface area contributed by atoms with Gasteiger partial charge in [0.15, 0.2) is 10.3 Å². The molecule has 3 N–H and O–H groups in total. The van der Waals surface area contributed by atoms with Crippen LogP contribution in [0.5, 0.6) is 5.75 Å². The molecule has 0 aliphatic carbocycles. The molecule has 5 nitrogen and oxygen atoms in total. The smallest absolute Gasteiger partial charge is 0.187 e. The van der Waals surface area contributed by atoms with Gasteiger partial charge in [-0.05, 0) is 38.1 Å². The van der Waals surface area contributed by atoms with Crippen molar-refractivity contribution in [3.8, 4) is 16.3 Å². The van der Waals surface area contributed by atoms with Crippen LogP contribution in [0, 0.1) is 6.92 Å². The normalized spacial score (nSPS) is 9.75. The molecule has 0 aliphatic rings. The molecule has 3 rings (SSSR count). The van der Waals surface area contributed by atoms with Crippen molar-refractivity contribution in [2.75, 3.05) is 17.7 Å². The zero-order valence-corrected chi connectivity index (χ0v) is 18.2. The van der Waals surface area contributed by atoms with Gasteiger partial charge in [0.1, 0.15) is 5.75 Å². The molecular formula is C15H18Br2N4OS2. The molecule has 0 bridgehead atoms. The summed E-state index contributed by atoms with van der Waals surface area (Å²) < 4.78 is 5.43. The first kappa shape index (κ1) is 20.9. The van der Waals surface area contributed by atoms with Crippen molar-refractivity contribution in [2.45, 2.75) is 13.8 Å². The maximum absolute atomic E-state index is 5.74. The van der Waals surface area contributed by atoms with Gasteiger partial charge in [-0.25, -0.2) is 9.97 Å². The number of halogens is 2. The van der Waals surface area contributed by atoms with Gasteiger partial charge in [-0.2, -0.15) is 0 Å². The first-order valence-electron chi connectivity index (χ1n) is 6.84. The largest absolute Gasteiger partial charge is 0.494 e. The van der Waals surface area contributed by atoms with Crippen molar-refractivity contribution in [1.82, 2.24) is 9.97 Å². The minimum atomic E-state index is 0. The van der Waals surface area contributed by atoms with E-state index in [1.807, 2.05) is 43.5 Å². The summed E-state index contributed by atoms with van der Waals surface area (Å²) in [6.45, 7) is 4.58. The number of anilines is 3. The fourth-order valence-corrected chi connectivity index (χ4v) is 3.61. The lowest BCUT2D eigenvalue weighted by molar-refractivity contribution is 0.340. The van der Waals surface area contributed by atoms with E-state index in [-0.39, 0.29) is 34.0 Å². The van der Waals surface area contributed by atoms with Crippen LogP contribution in [0.3, 0.4) is 0 Å². The minimum Gasteiger partial charge on any atom is -0.494 e. The first-order valence-corrected chi connectivity index (χ1v) is 8.54. The summed E-state index contributed by atoms with van der Waals surface area (Å²) in [6.07, 6.45) is 0. The molecule has 0 saturated carbocycles. The molecule has 0 unspecified atom stereocenters. The molecule has 0 saturated heterocycles. The second-order valence-electron chi connectivity index (χ2n) is 4.59. The van der Waals surface area contributed by atoms with Crippen LogP contribution in [0.1, 0.15) is 12.6 Å². The number of aryl methyl sites for hydroxylation is 1. The average Bonchev–Trinajstić information content (AvgIpc) is 3.07. The fourth-order valence-electron chi connectivity index (χ4n) is 2.02. The number of benzene rings is 1. The van der Waals surface area contributed by atoms with Gasteiger partial charge in [0.25, 0.3) is 0 Å². The number of rotatable bonds is 5. The molecule has 0 radical (unpaired) electrons. The molecule has 0 amide bonds. The Morgan fingerprint density at radius 3 is 2.46 bits per heavy atom. The van der Waals surface area contributed by atoms with E-state index in [0.717, 1.165) is 32.8 Å². The van der Waals surface area contributed by atoms with Crippen LogP contribution < -0.4 is 15.8 Å². The van der Waals surface area contributed by atoms with Gasteiger partial charge >= 0.3 is 0 Å². The van der Waals surface area contributed by atoms with Crippen molar-refractivity contribution < 1.29 is 4.74 Å². The summed E-state index contributed by atoms with van der Waals surface area (Å²) in [5.74, 6) is 0.864. The Morgan fingerprint density at radius 2 is 1.88 bits per heavy atom. The highest BCUT2D eigenvalue weighted by atomic mass is 79.9. The number of nitrogens with one attached hydrogen (secondary N) is 1. The van der Waals surface area contributed by atoms with Crippen molar-refractivity contribution >= 4 is 72.6 Å². The first-order chi connectivity index (χ1) is 10.7. The number of nitrogen functional groups attached to an aromatic ring is 1. The third-order valence-corrected chi connectivity index (χ3v) is 4.73. The fraction of sp³-hybridized carbons (Fsp3) is 0.200. The quantitative estimate of drug-likeness (QED) is 0.494. The summed E-state index contributed by atoms with van der Waals surface area (Å²) in [4.78, 5) is 9.86. The number of ether oxygens (including phenoxy) is 1. The topological polar surface area (TPSA) is 73.1 Å². The zero-order valence-electron chi connectivity index (χ0n) is 13.1. The lowest BCUT2D eigenvalue weighted by atomic mass is 10.3. The van der Waals surface area contributed by atoms with Crippen LogP contribution in [0.4, 0.5) is 16.0 Å². The van der Waals surface area contributed by atoms with E-state index in [2.05, 4.69) is 15.3 Å². The molecule has 3 aromatic rings. The number of hydrogen-bond donors (Lipinski definition) is 2. The van der Waals surface area contributed by atoms with Gasteiger partial charge in [0.05, 0.1) is 22.9 Å². The van der Waals surface area contributed by atoms with E-state index >= 15 is 0 Å². The Morgan fingerprint density at radius 1 is 1.17 bits per heavy atom. The molecule has 9 heteroatoms. The van der Waals surface area contributed by atoms with E-state index in [9.17, 15) is 0 Å². The number of nitrogens with zero attached hydrogens (tertiary/aromatic N) is 2. The third kappa shape index (κ3) is 4.92. The lowest BCUT2D eigenvalue weighted by Gasteiger charge is -2.05. The van der Waals surface area contributed by atoms with Crippen LogP contribution in [0.15, 0.2) is 29.6 Å². The van der Waals surface area contributed by atoms with Gasteiger partial charge < -0.3 is 15.8 Å². The van der Waals surface area contributed by atoms with Crippen molar-refractivity contribution in [1.29, 1.82) is 0 Å². The Bertz CT molecular complexity index is 774. The van der Waals surface area contributed by atoms with E-state index in [1.54, 1.807) is 11.3 Å². The summed E-state index contributed by atoms with van der Waals surface area (Å²) in [5.41, 5.74) is 8.54. The molecular weight excluding hydrogens is 476 g/mol. The Balaban J connectivity index is 0.00000144. The van der Waals surface area contributed by atoms with Gasteiger partial charge in [-0.15, -0.1) is 45.3 Å². The van der Waals surface area contributed by atoms with Gasteiger partial charge in [0.2, 0.25) is 0 Å². The Hall–Kier alpha value is -1.16. The van der Waals surface area contributed by atoms with Crippen LogP contribution in [0.2, 0.25) is 0 Å². The highest BCUT2D eigenvalue weighted by Crippen LogP contribution is 2.34. The van der Waals surface area contributed by atoms with E-state index < -0.39 is 0 Å². The lowest BCUT2D eigenvalue weighted by Crippen LogP contribution is -1.92. The highest BCUT2D eigenvalue weighted by molar-refractivity contribution is 8.93. The van der Waals surface area contributed by atoms with Crippen LogP contribution in [-0.2, 0) is 0 Å². The van der Waals surface area contributed by atoms with Crippen LogP contribution in [0.25, 0.3) is 10.6 Å². The maximum Gasteiger partial charge on any atom is 0.187 e. The standard InChI is InChI=1S/C15H16N4OS2.2BrH/c1-3-20-11-6-4-10(5-7-11)18-15-19-12(8-21-15)13-9(2)17-14(16)22-13;;/h4-8H,3H2,1-2H3,(H2,16,17)(H,18,19);2*1H. The van der Waals surface area contributed by atoms with E-state index in [0.29, 0.717) is 11.7 Å². The van der Waals surface area contributed by atoms with Crippen molar-refractivity contribution in [3.05, 3.63) is 35.3 Å². The molecule has 1 aromatic carbocycles. The second kappa shape index (κ2) is 9.36. The Kier molecular flexibility index (Phi) is 8.14. The van der Waals surface area contributed by atoms with E-state index in [1.165, 1.54) is 11.3 Å². The molecule has 130 valence electrons. The summed E-state index contributed by atoms with van der Waals surface area (Å²) in [6, 6.07) is 7.83. The minimum absolute atomic E-state index is 0. The molecule has 24 heavy (non-hydrogen) atoms. The Labute approximate surface area is 169 Å². The average molecular weight is 494 g/mol. The number of aromatic nitrogens is 2. The van der Waals surface area contributed by atoms with Crippen molar-refractivity contribution in [3.63, 3.8) is 0 Å². The van der Waals surface area contributed by atoms with E-state index in [4.69, 9.17) is 10.5 Å². The van der Waals surface area contributed by atoms with Gasteiger partial charge in [-0.1, -0.05) is 11.3 Å². The number of thiazole rings is 2. The number of hydrogen-bond acceptors (Lipinski definition) is 7. The monoisotopic (exact) mass is 492 g/mol. The second-order valence-corrected chi connectivity index (χ2v) is 6.48. The highest BCUT2D eigenvalue weighted by Gasteiger charge is 2.12. The third-order valence-electron chi connectivity index (χ3n) is 2.97. The summed E-state index contributed by atoms with van der Waals surface area (Å²) in [5, 5.41) is 6.71. The van der Waals surface area contributed by atoms with Gasteiger partial charge in [0, 0.05) is 11.1 Å². The molecule has 0 atom stereocenters. The molecule has 0 fully saturated rings. The predicted molar refractivity (Wildman–Crippen MR) is 114 cm³/mol. The molecule has 0 spiro atoms. The number of nitrogens with two attached hydrogens (primary N) is 1. The molecule has 2 heterocycles. The molecule has 0 aliphatic heterocycles. The zero-order chi connectivity index (χ0) is 15.5. The van der Waals surface area contributed by atoms with Gasteiger partial charge in [-0.3, -0.25) is 0 Å². The van der Waals surface area contributed by atoms with Crippen LogP contribution in [-0.4, -0.2) is 16.6 Å². The SMILES string of the molecule is Br.Br.CCOc1ccc(Nc2nc(-c3sc(N)nc3C)cs2)cc1. The maximum atomic E-state index is 5.74. The summed E-state index contributed by atoms with van der Waals surface area (Å²) in [7, 11) is 0. The molecule has 2 aromatic heterocycles. The van der Waals surface area contributed by atoms with Crippen LogP contribution >= 0.6 is 56.6 Å². The van der Waals surface area contributed by atoms with Crippen molar-refractivity contribution in [2.24, 2.45) is 0 Å². The predicted octanol–water partition coefficient (Wildman–Crippen LogP) is 5.46. The summed E-state index contributed by atoms with van der Waals surface area (Å²) >= 11 is 3.02.